The van der Waals surface area contributed by atoms with Crippen LogP contribution in [0, 0.1) is 0 Å². The van der Waals surface area contributed by atoms with E-state index in [4.69, 9.17) is 15.7 Å². The van der Waals surface area contributed by atoms with E-state index in [1.54, 1.807) is 12.4 Å². The van der Waals surface area contributed by atoms with Crippen LogP contribution in [0.25, 0.3) is 0 Å². The predicted octanol–water partition coefficient (Wildman–Crippen LogP) is 1.68. The summed E-state index contributed by atoms with van der Waals surface area (Å²) in [6, 6.07) is 0. The first kappa shape index (κ1) is 10.8. The summed E-state index contributed by atoms with van der Waals surface area (Å²) in [5.74, 6) is 0. The number of rotatable bonds is 1. The van der Waals surface area contributed by atoms with Crippen LogP contribution in [0.4, 0.5) is 0 Å². The smallest absolute Gasteiger partial charge is 0.0794 e. The van der Waals surface area contributed by atoms with Gasteiger partial charge in [-0.2, -0.15) is 0 Å². The van der Waals surface area contributed by atoms with E-state index in [1.165, 1.54) is 11.3 Å². The van der Waals surface area contributed by atoms with Crippen LogP contribution in [-0.4, -0.2) is 20.7 Å². The van der Waals surface area contributed by atoms with Crippen LogP contribution in [-0.2, 0) is 5.21 Å². The van der Waals surface area contributed by atoms with E-state index in [0.29, 0.717) is 0 Å². The Morgan fingerprint density at radius 2 is 2.00 bits per heavy atom. The van der Waals surface area contributed by atoms with Gasteiger partial charge in [0.25, 0.3) is 0 Å². The first-order valence-corrected chi connectivity index (χ1v) is 4.51. The molecule has 0 spiro atoms. The molecule has 0 aliphatic heterocycles. The summed E-state index contributed by atoms with van der Waals surface area (Å²) in [7, 11) is 11.0. The van der Waals surface area contributed by atoms with Gasteiger partial charge in [-0.05, 0) is 0 Å². The number of hydrogen-bond donors (Lipinski definition) is 0. The maximum atomic E-state index is 5.52. The van der Waals surface area contributed by atoms with Gasteiger partial charge in [0.15, 0.2) is 0 Å². The molecule has 1 aromatic rings. The molecule has 0 saturated carbocycles. The van der Waals surface area contributed by atoms with Crippen LogP contribution in [0.15, 0.2) is 10.9 Å². The normalized spacial score (nSPS) is 10.1. The zero-order valence-corrected chi connectivity index (χ0v) is 7.98. The Kier molecular flexibility index (Phi) is 4.50. The lowest BCUT2D eigenvalue weighted by Gasteiger charge is -2.14. The first-order valence-electron chi connectivity index (χ1n) is 3.57. The molecule has 1 rings (SSSR count). The fourth-order valence-electron chi connectivity index (χ4n) is 0.479. The maximum absolute atomic E-state index is 5.52. The molecule has 11 heavy (non-hydrogen) atoms. The van der Waals surface area contributed by atoms with E-state index in [-0.39, 0.29) is 0 Å². The fourth-order valence-corrected chi connectivity index (χ4v) is 1.16. The molecular weight excluding hydrogens is 152 g/mol. The van der Waals surface area contributed by atoms with Gasteiger partial charge in [0.05, 0.1) is 21.2 Å². The number of aromatic nitrogens is 1. The highest BCUT2D eigenvalue weighted by molar-refractivity contribution is 7.07. The van der Waals surface area contributed by atoms with Crippen LogP contribution in [0.2, 0.25) is 0 Å². The summed E-state index contributed by atoms with van der Waals surface area (Å²) in [5, 5.41) is 1.07. The van der Waals surface area contributed by atoms with Crippen molar-refractivity contribution in [3.05, 3.63) is 16.6 Å². The Hall–Kier alpha value is -0.240. The van der Waals surface area contributed by atoms with Crippen LogP contribution in [0.1, 0.15) is 26.5 Å². The molecule has 0 aliphatic rings. The third-order valence-corrected chi connectivity index (χ3v) is 1.57. The fraction of sp³-hybridized carbons (Fsp3) is 0.571. The first-order chi connectivity index (χ1) is 5.11. The van der Waals surface area contributed by atoms with E-state index in [2.05, 4.69) is 4.98 Å². The number of thiazole rings is 1. The largest absolute Gasteiger partial charge is 0.251 e. The second-order valence-electron chi connectivity index (χ2n) is 2.16. The molecule has 1 nitrogen and oxygen atoms in total. The zero-order valence-electron chi connectivity index (χ0n) is 7.16. The monoisotopic (exact) mass is 163 g/mol. The van der Waals surface area contributed by atoms with Gasteiger partial charge in [0.1, 0.15) is 0 Å². The van der Waals surface area contributed by atoms with Crippen molar-refractivity contribution in [3.63, 3.8) is 0 Å². The standard InChI is InChI=1S/C5H5B2NS.C2H6/c1-5(6,7)4-2-9-3-8-4;1-2/h2-3H,1H3;1-2H3. The number of nitrogens with zero attached hydrogens (tertiary/aromatic N) is 1. The minimum atomic E-state index is -0.778. The maximum Gasteiger partial charge on any atom is 0.0794 e. The van der Waals surface area contributed by atoms with Crippen LogP contribution in [0.3, 0.4) is 0 Å². The molecule has 0 aromatic carbocycles. The third kappa shape index (κ3) is 3.61. The average molecular weight is 163 g/mol. The van der Waals surface area contributed by atoms with Crippen molar-refractivity contribution in [1.29, 1.82) is 0 Å². The second kappa shape index (κ2) is 4.60. The van der Waals surface area contributed by atoms with E-state index in [1.807, 2.05) is 19.2 Å². The van der Waals surface area contributed by atoms with E-state index in [9.17, 15) is 0 Å². The van der Waals surface area contributed by atoms with Crippen molar-refractivity contribution in [3.8, 4) is 0 Å². The highest BCUT2D eigenvalue weighted by Gasteiger charge is 2.13. The SMILES string of the molecule is CC.[B]C([B])(C)c1cscn1. The summed E-state index contributed by atoms with van der Waals surface area (Å²) in [5.41, 5.74) is 2.46. The van der Waals surface area contributed by atoms with Crippen molar-refractivity contribution >= 4 is 27.0 Å². The topological polar surface area (TPSA) is 12.9 Å². The minimum absolute atomic E-state index is 0.743. The summed E-state index contributed by atoms with van der Waals surface area (Å²) in [6.45, 7) is 5.72. The second-order valence-corrected chi connectivity index (χ2v) is 2.88. The molecule has 0 N–H and O–H groups in total. The van der Waals surface area contributed by atoms with Gasteiger partial charge < -0.3 is 0 Å². The average Bonchev–Trinajstić information content (AvgIpc) is 2.40. The third-order valence-electron chi connectivity index (χ3n) is 0.984. The van der Waals surface area contributed by atoms with Crippen LogP contribution >= 0.6 is 11.3 Å². The minimum Gasteiger partial charge on any atom is -0.251 e. The highest BCUT2D eigenvalue weighted by Crippen LogP contribution is 2.14. The van der Waals surface area contributed by atoms with Crippen molar-refractivity contribution < 1.29 is 0 Å². The van der Waals surface area contributed by atoms with E-state index >= 15 is 0 Å². The van der Waals surface area contributed by atoms with Gasteiger partial charge >= 0.3 is 0 Å². The van der Waals surface area contributed by atoms with Crippen molar-refractivity contribution in [2.45, 2.75) is 26.0 Å². The molecule has 4 radical (unpaired) electrons. The zero-order chi connectivity index (χ0) is 8.91. The van der Waals surface area contributed by atoms with Gasteiger partial charge in [-0.15, -0.1) is 11.3 Å². The Morgan fingerprint density at radius 3 is 2.18 bits per heavy atom. The van der Waals surface area contributed by atoms with Crippen molar-refractivity contribution in [2.75, 3.05) is 0 Å². The molecule has 0 bridgehead atoms. The molecule has 0 aliphatic carbocycles. The molecule has 56 valence electrons. The molecular formula is C7H11B2NS. The lowest BCUT2D eigenvalue weighted by Crippen LogP contribution is -2.21. The quantitative estimate of drug-likeness (QED) is 0.573. The Labute approximate surface area is 75.1 Å². The molecule has 0 saturated heterocycles. The molecule has 1 heterocycles. The van der Waals surface area contributed by atoms with E-state index < -0.39 is 5.21 Å². The summed E-state index contributed by atoms with van der Waals surface area (Å²) in [4.78, 5) is 3.96. The van der Waals surface area contributed by atoms with Gasteiger partial charge in [-0.25, -0.2) is 0 Å². The van der Waals surface area contributed by atoms with Gasteiger partial charge in [0, 0.05) is 11.1 Å². The summed E-state index contributed by atoms with van der Waals surface area (Å²) < 4.78 is 0. The number of hydrogen-bond acceptors (Lipinski definition) is 2. The molecule has 0 unspecified atom stereocenters. The molecule has 1 aromatic heterocycles. The molecule has 0 atom stereocenters. The summed E-state index contributed by atoms with van der Waals surface area (Å²) >= 11 is 1.50. The van der Waals surface area contributed by atoms with Gasteiger partial charge in [0.2, 0.25) is 0 Å². The van der Waals surface area contributed by atoms with Crippen molar-refractivity contribution in [2.24, 2.45) is 0 Å². The Bertz CT molecular complexity index is 179. The van der Waals surface area contributed by atoms with Gasteiger partial charge in [-0.3, -0.25) is 4.98 Å². The lowest BCUT2D eigenvalue weighted by atomic mass is 9.54. The van der Waals surface area contributed by atoms with Gasteiger partial charge in [-0.1, -0.05) is 26.0 Å². The Morgan fingerprint density at radius 1 is 1.45 bits per heavy atom. The molecule has 0 fully saturated rings. The predicted molar refractivity (Wildman–Crippen MR) is 52.3 cm³/mol. The van der Waals surface area contributed by atoms with Crippen molar-refractivity contribution in [1.82, 2.24) is 4.98 Å². The van der Waals surface area contributed by atoms with Crippen LogP contribution < -0.4 is 0 Å². The Balaban J connectivity index is 0.000000461. The lowest BCUT2D eigenvalue weighted by molar-refractivity contribution is 0.924. The molecule has 4 heteroatoms. The van der Waals surface area contributed by atoms with E-state index in [0.717, 1.165) is 5.69 Å². The highest BCUT2D eigenvalue weighted by atomic mass is 32.1. The summed E-state index contributed by atoms with van der Waals surface area (Å²) in [6.07, 6.45) is 0. The van der Waals surface area contributed by atoms with Crippen LogP contribution in [0.5, 0.6) is 0 Å². The molecule has 0 amide bonds.